The number of aryl methyl sites for hydroxylation is 2. The summed E-state index contributed by atoms with van der Waals surface area (Å²) in [4.78, 5) is 28.1. The molecule has 26 heavy (non-hydrogen) atoms. The van der Waals surface area contributed by atoms with Crippen molar-refractivity contribution in [3.63, 3.8) is 0 Å². The number of anilines is 1. The van der Waals surface area contributed by atoms with Crippen LogP contribution in [-0.2, 0) is 23.0 Å². The fourth-order valence-electron chi connectivity index (χ4n) is 3.52. The molecule has 0 unspecified atom stereocenters. The summed E-state index contributed by atoms with van der Waals surface area (Å²) in [6.45, 7) is 3.64. The number of rotatable bonds is 3. The molecule has 0 aliphatic carbocycles. The maximum atomic E-state index is 12.6. The van der Waals surface area contributed by atoms with Crippen LogP contribution in [0.4, 0.5) is 5.69 Å². The number of amides is 1. The Morgan fingerprint density at radius 3 is 2.88 bits per heavy atom. The number of benzene rings is 1. The molecule has 0 spiro atoms. The summed E-state index contributed by atoms with van der Waals surface area (Å²) in [5, 5.41) is 5.26. The van der Waals surface area contributed by atoms with Gasteiger partial charge in [0.25, 0.3) is 5.91 Å². The lowest BCUT2D eigenvalue weighted by Crippen LogP contribution is -2.38. The minimum atomic E-state index is -0.473. The number of carbonyl (C=O) groups is 2. The first-order valence-corrected chi connectivity index (χ1v) is 9.27. The normalized spacial score (nSPS) is 16.1. The van der Waals surface area contributed by atoms with Crippen molar-refractivity contribution in [3.8, 4) is 0 Å². The van der Waals surface area contributed by atoms with Gasteiger partial charge in [-0.3, -0.25) is 9.48 Å². The quantitative estimate of drug-likeness (QED) is 0.666. The molecule has 3 heterocycles. The number of thiophene rings is 1. The molecule has 1 aliphatic heterocycles. The molecular formula is C19H19N3O3S. The van der Waals surface area contributed by atoms with Crippen molar-refractivity contribution in [2.75, 3.05) is 11.5 Å². The SMILES string of the molecule is Cc1nn(C)c2sc(C(=O)OCC(=O)N3c4ccccc4C[C@@H]3C)cc12. The van der Waals surface area contributed by atoms with Gasteiger partial charge in [0.2, 0.25) is 0 Å². The first-order chi connectivity index (χ1) is 12.5. The zero-order chi connectivity index (χ0) is 18.4. The second kappa shape index (κ2) is 6.25. The third kappa shape index (κ3) is 2.68. The van der Waals surface area contributed by atoms with Crippen molar-refractivity contribution in [1.29, 1.82) is 0 Å². The van der Waals surface area contributed by atoms with E-state index >= 15 is 0 Å². The lowest BCUT2D eigenvalue weighted by atomic mass is 10.1. The molecule has 1 aromatic carbocycles. The lowest BCUT2D eigenvalue weighted by Gasteiger charge is -2.22. The molecule has 1 aliphatic rings. The van der Waals surface area contributed by atoms with Crippen molar-refractivity contribution in [1.82, 2.24) is 9.78 Å². The Morgan fingerprint density at radius 2 is 2.12 bits per heavy atom. The number of para-hydroxylation sites is 1. The molecule has 1 amide bonds. The number of ether oxygens (including phenoxy) is 1. The zero-order valence-corrected chi connectivity index (χ0v) is 15.7. The number of hydrogen-bond donors (Lipinski definition) is 0. The van der Waals surface area contributed by atoms with E-state index in [2.05, 4.69) is 5.10 Å². The number of fused-ring (bicyclic) bond motifs is 2. The Kier molecular flexibility index (Phi) is 4.03. The van der Waals surface area contributed by atoms with E-state index < -0.39 is 5.97 Å². The summed E-state index contributed by atoms with van der Waals surface area (Å²) in [5.41, 5.74) is 2.92. The van der Waals surface area contributed by atoms with Crippen LogP contribution in [0.25, 0.3) is 10.2 Å². The lowest BCUT2D eigenvalue weighted by molar-refractivity contribution is -0.122. The van der Waals surface area contributed by atoms with E-state index in [9.17, 15) is 9.59 Å². The fraction of sp³-hybridized carbons (Fsp3) is 0.316. The first kappa shape index (κ1) is 16.8. The summed E-state index contributed by atoms with van der Waals surface area (Å²) >= 11 is 1.33. The standard InChI is InChI=1S/C19H19N3O3S/c1-11-8-13-6-4-5-7-15(13)22(11)17(23)10-25-19(24)16-9-14-12(2)20-21(3)18(14)26-16/h4-7,9,11H,8,10H2,1-3H3/t11-/m0/s1. The average molecular weight is 369 g/mol. The Labute approximate surface area is 155 Å². The van der Waals surface area contributed by atoms with Gasteiger partial charge >= 0.3 is 5.97 Å². The molecule has 0 saturated heterocycles. The van der Waals surface area contributed by atoms with Gasteiger partial charge in [0.1, 0.15) is 9.71 Å². The van der Waals surface area contributed by atoms with E-state index in [1.54, 1.807) is 15.6 Å². The Balaban J connectivity index is 1.47. The smallest absolute Gasteiger partial charge is 0.348 e. The fourth-order valence-corrected chi connectivity index (χ4v) is 4.54. The molecule has 3 aromatic rings. The van der Waals surface area contributed by atoms with Crippen molar-refractivity contribution >= 4 is 39.1 Å². The van der Waals surface area contributed by atoms with Gasteiger partial charge in [-0.2, -0.15) is 5.10 Å². The van der Waals surface area contributed by atoms with Gasteiger partial charge in [-0.05, 0) is 38.0 Å². The molecule has 4 rings (SSSR count). The minimum absolute atomic E-state index is 0.0663. The van der Waals surface area contributed by atoms with Gasteiger partial charge in [0.05, 0.1) is 5.69 Å². The van der Waals surface area contributed by atoms with Crippen molar-refractivity contribution < 1.29 is 14.3 Å². The van der Waals surface area contributed by atoms with Gasteiger partial charge in [-0.15, -0.1) is 11.3 Å². The van der Waals surface area contributed by atoms with Crippen LogP contribution in [0.15, 0.2) is 30.3 Å². The second-order valence-corrected chi connectivity index (χ2v) is 7.59. The largest absolute Gasteiger partial charge is 0.451 e. The molecule has 1 atom stereocenters. The number of esters is 1. The first-order valence-electron chi connectivity index (χ1n) is 8.46. The van der Waals surface area contributed by atoms with E-state index in [1.165, 1.54) is 11.3 Å². The summed E-state index contributed by atoms with van der Waals surface area (Å²) in [6, 6.07) is 9.69. The molecule has 0 radical (unpaired) electrons. The van der Waals surface area contributed by atoms with Gasteiger partial charge in [-0.25, -0.2) is 4.79 Å². The molecule has 0 fully saturated rings. The van der Waals surface area contributed by atoms with Crippen molar-refractivity contribution in [2.24, 2.45) is 7.05 Å². The van der Waals surface area contributed by atoms with Crippen LogP contribution < -0.4 is 4.90 Å². The highest BCUT2D eigenvalue weighted by Gasteiger charge is 2.31. The molecule has 6 nitrogen and oxygen atoms in total. The predicted octanol–water partition coefficient (Wildman–Crippen LogP) is 3.08. The van der Waals surface area contributed by atoms with Crippen LogP contribution in [0, 0.1) is 6.92 Å². The third-order valence-corrected chi connectivity index (χ3v) is 5.88. The Morgan fingerprint density at radius 1 is 1.35 bits per heavy atom. The van der Waals surface area contributed by atoms with E-state index in [4.69, 9.17) is 4.74 Å². The van der Waals surface area contributed by atoms with Gasteiger partial charge in [0.15, 0.2) is 6.61 Å². The number of carbonyl (C=O) groups excluding carboxylic acids is 2. The number of nitrogens with zero attached hydrogens (tertiary/aromatic N) is 3. The van der Waals surface area contributed by atoms with E-state index in [-0.39, 0.29) is 18.6 Å². The Hall–Kier alpha value is -2.67. The molecule has 7 heteroatoms. The zero-order valence-electron chi connectivity index (χ0n) is 14.9. The van der Waals surface area contributed by atoms with E-state index in [0.29, 0.717) is 4.88 Å². The van der Waals surface area contributed by atoms with Crippen LogP contribution in [0.1, 0.15) is 27.9 Å². The molecule has 134 valence electrons. The van der Waals surface area contributed by atoms with Crippen LogP contribution in [0.5, 0.6) is 0 Å². The van der Waals surface area contributed by atoms with Crippen LogP contribution in [-0.4, -0.2) is 34.3 Å². The average Bonchev–Trinajstić information content (AvgIpc) is 3.26. The summed E-state index contributed by atoms with van der Waals surface area (Å²) < 4.78 is 7.05. The third-order valence-electron chi connectivity index (χ3n) is 4.70. The molecule has 0 bridgehead atoms. The van der Waals surface area contributed by atoms with Gasteiger partial charge in [-0.1, -0.05) is 18.2 Å². The van der Waals surface area contributed by atoms with E-state index in [1.807, 2.05) is 45.2 Å². The van der Waals surface area contributed by atoms with Crippen LogP contribution in [0.3, 0.4) is 0 Å². The predicted molar refractivity (Wildman–Crippen MR) is 101 cm³/mol. The summed E-state index contributed by atoms with van der Waals surface area (Å²) in [5.74, 6) is -0.672. The highest BCUT2D eigenvalue weighted by atomic mass is 32.1. The summed E-state index contributed by atoms with van der Waals surface area (Å²) in [7, 11) is 1.84. The Bertz CT molecular complexity index is 986. The van der Waals surface area contributed by atoms with E-state index in [0.717, 1.165) is 33.6 Å². The molecular weight excluding hydrogens is 350 g/mol. The molecule has 2 aromatic heterocycles. The van der Waals surface area contributed by atoms with Gasteiger partial charge in [0, 0.05) is 24.2 Å². The van der Waals surface area contributed by atoms with Crippen LogP contribution in [0.2, 0.25) is 0 Å². The van der Waals surface area contributed by atoms with Crippen LogP contribution >= 0.6 is 11.3 Å². The number of hydrogen-bond acceptors (Lipinski definition) is 5. The summed E-state index contributed by atoms with van der Waals surface area (Å²) in [6.07, 6.45) is 0.818. The van der Waals surface area contributed by atoms with Crippen molar-refractivity contribution in [2.45, 2.75) is 26.3 Å². The maximum absolute atomic E-state index is 12.6. The second-order valence-electron chi connectivity index (χ2n) is 6.56. The molecule has 0 N–H and O–H groups in total. The highest BCUT2D eigenvalue weighted by molar-refractivity contribution is 7.20. The van der Waals surface area contributed by atoms with Crippen molar-refractivity contribution in [3.05, 3.63) is 46.5 Å². The van der Waals surface area contributed by atoms with Gasteiger partial charge < -0.3 is 9.64 Å². The minimum Gasteiger partial charge on any atom is -0.451 e. The topological polar surface area (TPSA) is 64.4 Å². The monoisotopic (exact) mass is 369 g/mol. The number of aromatic nitrogens is 2. The molecule has 0 saturated carbocycles. The maximum Gasteiger partial charge on any atom is 0.348 e. The highest BCUT2D eigenvalue weighted by Crippen LogP contribution is 2.32.